The van der Waals surface area contributed by atoms with Gasteiger partial charge in [-0.05, 0) is 25.5 Å². The molecule has 2 N–H and O–H groups in total. The fourth-order valence-corrected chi connectivity index (χ4v) is 1.60. The van der Waals surface area contributed by atoms with Crippen LogP contribution in [0.4, 0.5) is 0 Å². The summed E-state index contributed by atoms with van der Waals surface area (Å²) in [6, 6.07) is 5.08. The molecule has 0 saturated heterocycles. The lowest BCUT2D eigenvalue weighted by Crippen LogP contribution is -2.39. The largest absolute Gasteiger partial charge is 0.483 e. The summed E-state index contributed by atoms with van der Waals surface area (Å²) in [6.45, 7) is 3.57. The minimum absolute atomic E-state index is 0.0710. The van der Waals surface area contributed by atoms with Gasteiger partial charge in [0.1, 0.15) is 5.75 Å². The predicted molar refractivity (Wildman–Crippen MR) is 71.0 cm³/mol. The van der Waals surface area contributed by atoms with E-state index >= 15 is 0 Å². The van der Waals surface area contributed by atoms with Crippen LogP contribution in [-0.4, -0.2) is 30.3 Å². The highest BCUT2D eigenvalue weighted by atomic mass is 35.5. The van der Waals surface area contributed by atoms with E-state index in [9.17, 15) is 4.79 Å². The van der Waals surface area contributed by atoms with Crippen molar-refractivity contribution in [1.29, 1.82) is 0 Å². The normalized spacial score (nSPS) is 12.0. The van der Waals surface area contributed by atoms with Gasteiger partial charge >= 0.3 is 0 Å². The Labute approximate surface area is 112 Å². The van der Waals surface area contributed by atoms with Crippen LogP contribution in [0.3, 0.4) is 0 Å². The Balaban J connectivity index is 2.50. The minimum Gasteiger partial charge on any atom is -0.483 e. The fraction of sp³-hybridized carbons (Fsp3) is 0.462. The Morgan fingerprint density at radius 1 is 1.56 bits per heavy atom. The van der Waals surface area contributed by atoms with Crippen molar-refractivity contribution in [1.82, 2.24) is 5.32 Å². The van der Waals surface area contributed by atoms with Crippen LogP contribution in [0, 0.1) is 6.92 Å². The topological polar surface area (TPSA) is 58.6 Å². The van der Waals surface area contributed by atoms with Gasteiger partial charge in [0.05, 0.1) is 12.6 Å². The monoisotopic (exact) mass is 271 g/mol. The number of carbonyl (C=O) groups excluding carboxylic acids is 1. The molecule has 1 rings (SSSR count). The highest BCUT2D eigenvalue weighted by molar-refractivity contribution is 6.31. The summed E-state index contributed by atoms with van der Waals surface area (Å²) in [4.78, 5) is 11.6. The van der Waals surface area contributed by atoms with Crippen molar-refractivity contribution in [2.75, 3.05) is 13.2 Å². The van der Waals surface area contributed by atoms with E-state index in [-0.39, 0.29) is 25.2 Å². The molecule has 0 aliphatic rings. The van der Waals surface area contributed by atoms with Crippen LogP contribution >= 0.6 is 11.6 Å². The second-order valence-corrected chi connectivity index (χ2v) is 4.41. The summed E-state index contributed by atoms with van der Waals surface area (Å²) < 4.78 is 5.39. The number of ether oxygens (including phenoxy) is 1. The molecule has 18 heavy (non-hydrogen) atoms. The van der Waals surface area contributed by atoms with Gasteiger partial charge in [0.2, 0.25) is 0 Å². The molecule has 0 spiro atoms. The average molecular weight is 272 g/mol. The Morgan fingerprint density at radius 3 is 2.89 bits per heavy atom. The van der Waals surface area contributed by atoms with Gasteiger partial charge in [-0.1, -0.05) is 24.6 Å². The molecule has 0 aromatic heterocycles. The molecule has 0 bridgehead atoms. The maximum Gasteiger partial charge on any atom is 0.258 e. The molecular formula is C13H18ClNO3. The molecule has 100 valence electrons. The lowest BCUT2D eigenvalue weighted by molar-refractivity contribution is -0.124. The molecule has 0 heterocycles. The van der Waals surface area contributed by atoms with Crippen LogP contribution in [-0.2, 0) is 4.79 Å². The summed E-state index contributed by atoms with van der Waals surface area (Å²) in [5.41, 5.74) is 0.807. The Bertz CT molecular complexity index is 405. The number of amides is 1. The van der Waals surface area contributed by atoms with Crippen molar-refractivity contribution >= 4 is 17.5 Å². The zero-order chi connectivity index (χ0) is 13.5. The van der Waals surface area contributed by atoms with E-state index in [1.165, 1.54) is 0 Å². The molecule has 1 amide bonds. The molecule has 0 saturated carbocycles. The van der Waals surface area contributed by atoms with Crippen LogP contribution < -0.4 is 10.1 Å². The van der Waals surface area contributed by atoms with E-state index in [1.54, 1.807) is 18.2 Å². The molecule has 4 nitrogen and oxygen atoms in total. The molecule has 1 atom stereocenters. The van der Waals surface area contributed by atoms with E-state index in [1.807, 2.05) is 13.8 Å². The second kappa shape index (κ2) is 7.24. The lowest BCUT2D eigenvalue weighted by atomic mass is 10.2. The van der Waals surface area contributed by atoms with Gasteiger partial charge in [-0.15, -0.1) is 0 Å². The number of carbonyl (C=O) groups is 1. The van der Waals surface area contributed by atoms with E-state index in [0.29, 0.717) is 17.2 Å². The van der Waals surface area contributed by atoms with E-state index in [2.05, 4.69) is 5.32 Å². The lowest BCUT2D eigenvalue weighted by Gasteiger charge is -2.15. The van der Waals surface area contributed by atoms with Crippen molar-refractivity contribution in [3.05, 3.63) is 28.8 Å². The Hall–Kier alpha value is -1.26. The van der Waals surface area contributed by atoms with Crippen LogP contribution in [0.2, 0.25) is 5.02 Å². The first-order valence-corrected chi connectivity index (χ1v) is 6.24. The Kier molecular flexibility index (Phi) is 5.95. The van der Waals surface area contributed by atoms with E-state index in [0.717, 1.165) is 5.56 Å². The van der Waals surface area contributed by atoms with Crippen LogP contribution in [0.1, 0.15) is 18.9 Å². The molecule has 1 aromatic rings. The molecular weight excluding hydrogens is 254 g/mol. The zero-order valence-corrected chi connectivity index (χ0v) is 11.3. The highest BCUT2D eigenvalue weighted by Gasteiger charge is 2.10. The van der Waals surface area contributed by atoms with Crippen LogP contribution in [0.5, 0.6) is 5.75 Å². The molecule has 0 aliphatic carbocycles. The number of hydrogen-bond acceptors (Lipinski definition) is 3. The van der Waals surface area contributed by atoms with Gasteiger partial charge in [-0.3, -0.25) is 4.79 Å². The third-order valence-electron chi connectivity index (χ3n) is 2.66. The molecule has 0 fully saturated rings. The molecule has 1 unspecified atom stereocenters. The number of aliphatic hydroxyl groups is 1. The molecule has 5 heteroatoms. The summed E-state index contributed by atoms with van der Waals surface area (Å²) >= 11 is 5.94. The standard InChI is InChI=1S/C13H18ClNO3/c1-3-10(7-16)15-13(17)8-18-12-6-4-5-11(14)9(12)2/h4-6,10,16H,3,7-8H2,1-2H3,(H,15,17). The van der Waals surface area contributed by atoms with Crippen molar-refractivity contribution in [3.63, 3.8) is 0 Å². The zero-order valence-electron chi connectivity index (χ0n) is 10.6. The first-order valence-electron chi connectivity index (χ1n) is 5.86. The van der Waals surface area contributed by atoms with E-state index in [4.69, 9.17) is 21.4 Å². The number of rotatable bonds is 6. The molecule has 0 aliphatic heterocycles. The van der Waals surface area contributed by atoms with Crippen molar-refractivity contribution < 1.29 is 14.6 Å². The quantitative estimate of drug-likeness (QED) is 0.831. The highest BCUT2D eigenvalue weighted by Crippen LogP contribution is 2.24. The Morgan fingerprint density at radius 2 is 2.28 bits per heavy atom. The summed E-state index contributed by atoms with van der Waals surface area (Å²) in [7, 11) is 0. The van der Waals surface area contributed by atoms with Crippen LogP contribution in [0.25, 0.3) is 0 Å². The number of hydrogen-bond donors (Lipinski definition) is 2. The summed E-state index contributed by atoms with van der Waals surface area (Å²) in [6.07, 6.45) is 0.679. The maximum absolute atomic E-state index is 11.6. The van der Waals surface area contributed by atoms with Crippen LogP contribution in [0.15, 0.2) is 18.2 Å². The van der Waals surface area contributed by atoms with Gasteiger partial charge in [0.25, 0.3) is 5.91 Å². The summed E-state index contributed by atoms with van der Waals surface area (Å²) in [5.74, 6) is 0.338. The van der Waals surface area contributed by atoms with E-state index < -0.39 is 0 Å². The first kappa shape index (κ1) is 14.8. The third kappa shape index (κ3) is 4.20. The van der Waals surface area contributed by atoms with Crippen molar-refractivity contribution in [3.8, 4) is 5.75 Å². The smallest absolute Gasteiger partial charge is 0.258 e. The van der Waals surface area contributed by atoms with Gasteiger partial charge in [0.15, 0.2) is 6.61 Å². The average Bonchev–Trinajstić information content (AvgIpc) is 2.37. The SMILES string of the molecule is CCC(CO)NC(=O)COc1cccc(Cl)c1C. The number of halogens is 1. The third-order valence-corrected chi connectivity index (χ3v) is 3.06. The van der Waals surface area contributed by atoms with Gasteiger partial charge in [-0.25, -0.2) is 0 Å². The summed E-state index contributed by atoms with van der Waals surface area (Å²) in [5, 5.41) is 12.2. The molecule has 1 aromatic carbocycles. The number of aliphatic hydroxyl groups excluding tert-OH is 1. The molecule has 0 radical (unpaired) electrons. The van der Waals surface area contributed by atoms with Gasteiger partial charge in [0, 0.05) is 10.6 Å². The van der Waals surface area contributed by atoms with Crippen molar-refractivity contribution in [2.45, 2.75) is 26.3 Å². The minimum atomic E-state index is -0.254. The van der Waals surface area contributed by atoms with Gasteiger partial charge in [-0.2, -0.15) is 0 Å². The predicted octanol–water partition coefficient (Wildman–Crippen LogP) is 1.91. The maximum atomic E-state index is 11.6. The van der Waals surface area contributed by atoms with Gasteiger partial charge < -0.3 is 15.2 Å². The first-order chi connectivity index (χ1) is 8.58. The van der Waals surface area contributed by atoms with Crippen molar-refractivity contribution in [2.24, 2.45) is 0 Å². The number of benzene rings is 1. The second-order valence-electron chi connectivity index (χ2n) is 4.01. The number of nitrogens with one attached hydrogen (secondary N) is 1. The fourth-order valence-electron chi connectivity index (χ4n) is 1.43.